The maximum Gasteiger partial charge on any atom is 0.251 e. The number of hydrogen-bond acceptors (Lipinski definition) is 2. The number of amides is 1. The van der Waals surface area contributed by atoms with Crippen molar-refractivity contribution in [3.63, 3.8) is 0 Å². The Hall–Kier alpha value is -1.80. The van der Waals surface area contributed by atoms with Crippen molar-refractivity contribution in [2.75, 3.05) is 21.1 Å². The molecule has 2 aromatic carbocycles. The number of guanidine groups is 1. The average Bonchev–Trinajstić information content (AvgIpc) is 2.62. The van der Waals surface area contributed by atoms with Gasteiger partial charge in [0.05, 0.1) is 0 Å². The molecule has 26 heavy (non-hydrogen) atoms. The Morgan fingerprint density at radius 2 is 1.85 bits per heavy atom. The molecular weight excluding hydrogens is 463 g/mol. The Morgan fingerprint density at radius 3 is 2.42 bits per heavy atom. The summed E-state index contributed by atoms with van der Waals surface area (Å²) in [5.41, 5.74) is 2.84. The highest BCUT2D eigenvalue weighted by atomic mass is 127. The minimum absolute atomic E-state index is 0. The molecule has 0 saturated carbocycles. The molecule has 2 aromatic rings. The summed E-state index contributed by atoms with van der Waals surface area (Å²) in [7, 11) is 5.36. The maximum absolute atomic E-state index is 11.6. The maximum atomic E-state index is 11.6. The number of carbonyl (C=O) groups is 1. The molecule has 0 saturated heterocycles. The number of hydrogen-bond donors (Lipinski definition) is 2. The highest BCUT2D eigenvalue weighted by molar-refractivity contribution is 14.0. The summed E-state index contributed by atoms with van der Waals surface area (Å²) in [4.78, 5) is 17.9. The third-order valence-electron chi connectivity index (χ3n) is 3.78. The molecule has 0 atom stereocenters. The van der Waals surface area contributed by atoms with Gasteiger partial charge in [0, 0.05) is 44.8 Å². The molecular formula is C19H24ClIN4O. The van der Waals surface area contributed by atoms with Crippen LogP contribution in [-0.4, -0.2) is 37.9 Å². The first-order valence-electron chi connectivity index (χ1n) is 8.00. The predicted molar refractivity (Wildman–Crippen MR) is 118 cm³/mol. The van der Waals surface area contributed by atoms with Crippen LogP contribution in [0.5, 0.6) is 0 Å². The highest BCUT2D eigenvalue weighted by Crippen LogP contribution is 2.12. The second-order valence-corrected chi connectivity index (χ2v) is 6.10. The summed E-state index contributed by atoms with van der Waals surface area (Å²) < 4.78 is 0. The van der Waals surface area contributed by atoms with E-state index in [2.05, 4.69) is 15.6 Å². The summed E-state index contributed by atoms with van der Waals surface area (Å²) in [5.74, 6) is 0.701. The lowest BCUT2D eigenvalue weighted by molar-refractivity contribution is 0.0963. The number of halogens is 2. The zero-order chi connectivity index (χ0) is 18.2. The van der Waals surface area contributed by atoms with Crippen LogP contribution in [0.4, 0.5) is 0 Å². The molecule has 0 aromatic heterocycles. The van der Waals surface area contributed by atoms with E-state index in [0.717, 1.165) is 22.1 Å². The Morgan fingerprint density at radius 1 is 1.15 bits per heavy atom. The molecule has 0 radical (unpaired) electrons. The number of nitrogens with one attached hydrogen (secondary N) is 2. The Balaban J connectivity index is 0.00000338. The average molecular weight is 487 g/mol. The van der Waals surface area contributed by atoms with Gasteiger partial charge in [-0.05, 0) is 35.4 Å². The molecule has 2 rings (SSSR count). The van der Waals surface area contributed by atoms with Crippen molar-refractivity contribution < 1.29 is 4.79 Å². The standard InChI is InChI=1S/C19H23ClN4O.HI/c1-21-18(25)16-9-7-14(8-10-16)12-23-19(22-2)24(3)13-15-5-4-6-17(20)11-15;/h4-11H,12-13H2,1-3H3,(H,21,25)(H,22,23);1H. The van der Waals surface area contributed by atoms with Gasteiger partial charge in [-0.1, -0.05) is 35.9 Å². The van der Waals surface area contributed by atoms with Gasteiger partial charge >= 0.3 is 0 Å². The first-order valence-corrected chi connectivity index (χ1v) is 8.38. The van der Waals surface area contributed by atoms with Gasteiger partial charge in [0.15, 0.2) is 5.96 Å². The van der Waals surface area contributed by atoms with Gasteiger partial charge in [0.25, 0.3) is 5.91 Å². The van der Waals surface area contributed by atoms with E-state index >= 15 is 0 Å². The first-order chi connectivity index (χ1) is 12.0. The monoisotopic (exact) mass is 486 g/mol. The van der Waals surface area contributed by atoms with Gasteiger partial charge in [0.2, 0.25) is 0 Å². The van der Waals surface area contributed by atoms with Crippen LogP contribution in [0.2, 0.25) is 5.02 Å². The van der Waals surface area contributed by atoms with E-state index in [0.29, 0.717) is 18.7 Å². The summed E-state index contributed by atoms with van der Waals surface area (Å²) in [6, 6.07) is 15.3. The van der Waals surface area contributed by atoms with Crippen molar-refractivity contribution >= 4 is 47.4 Å². The highest BCUT2D eigenvalue weighted by Gasteiger charge is 2.08. The van der Waals surface area contributed by atoms with Crippen molar-refractivity contribution in [3.05, 3.63) is 70.2 Å². The van der Waals surface area contributed by atoms with Crippen LogP contribution in [0, 0.1) is 0 Å². The minimum Gasteiger partial charge on any atom is -0.355 e. The Kier molecular flexibility index (Phi) is 9.43. The van der Waals surface area contributed by atoms with E-state index in [4.69, 9.17) is 11.6 Å². The number of aliphatic imine (C=N–C) groups is 1. The van der Waals surface area contributed by atoms with Gasteiger partial charge in [-0.25, -0.2) is 0 Å². The van der Waals surface area contributed by atoms with Crippen molar-refractivity contribution in [3.8, 4) is 0 Å². The largest absolute Gasteiger partial charge is 0.355 e. The smallest absolute Gasteiger partial charge is 0.251 e. The molecule has 0 spiro atoms. The lowest BCUT2D eigenvalue weighted by Crippen LogP contribution is -2.38. The van der Waals surface area contributed by atoms with Crippen LogP contribution in [0.3, 0.4) is 0 Å². The van der Waals surface area contributed by atoms with Gasteiger partial charge < -0.3 is 15.5 Å². The van der Waals surface area contributed by atoms with E-state index in [-0.39, 0.29) is 29.9 Å². The fourth-order valence-corrected chi connectivity index (χ4v) is 2.68. The molecule has 7 heteroatoms. The lowest BCUT2D eigenvalue weighted by atomic mass is 10.1. The fourth-order valence-electron chi connectivity index (χ4n) is 2.47. The number of nitrogens with zero attached hydrogens (tertiary/aromatic N) is 2. The second kappa shape index (κ2) is 11.0. The van der Waals surface area contributed by atoms with Crippen molar-refractivity contribution in [2.45, 2.75) is 13.1 Å². The third kappa shape index (κ3) is 6.49. The van der Waals surface area contributed by atoms with Crippen molar-refractivity contribution in [1.29, 1.82) is 0 Å². The number of carbonyl (C=O) groups excluding carboxylic acids is 1. The van der Waals surface area contributed by atoms with Gasteiger partial charge in [-0.2, -0.15) is 0 Å². The molecule has 0 aliphatic heterocycles. The van der Waals surface area contributed by atoms with E-state index < -0.39 is 0 Å². The molecule has 0 aliphatic carbocycles. The first kappa shape index (κ1) is 22.2. The number of benzene rings is 2. The summed E-state index contributed by atoms with van der Waals surface area (Å²) in [6.07, 6.45) is 0. The summed E-state index contributed by atoms with van der Waals surface area (Å²) in [5, 5.41) is 6.66. The molecule has 140 valence electrons. The van der Waals surface area contributed by atoms with Crippen LogP contribution in [-0.2, 0) is 13.1 Å². The summed E-state index contributed by atoms with van der Waals surface area (Å²) in [6.45, 7) is 1.33. The van der Waals surface area contributed by atoms with E-state index in [1.807, 2.05) is 60.5 Å². The van der Waals surface area contributed by atoms with Crippen molar-refractivity contribution in [2.24, 2.45) is 4.99 Å². The SMILES string of the molecule is CN=C(NCc1ccc(C(=O)NC)cc1)N(C)Cc1cccc(Cl)c1.I. The quantitative estimate of drug-likeness (QED) is 0.386. The normalized spacial score (nSPS) is 10.7. The minimum atomic E-state index is -0.0865. The molecule has 1 amide bonds. The van der Waals surface area contributed by atoms with Gasteiger partial charge in [-0.3, -0.25) is 9.79 Å². The molecule has 0 fully saturated rings. The van der Waals surface area contributed by atoms with Crippen LogP contribution < -0.4 is 10.6 Å². The van der Waals surface area contributed by atoms with Crippen LogP contribution in [0.1, 0.15) is 21.5 Å². The van der Waals surface area contributed by atoms with E-state index in [1.54, 1.807) is 14.1 Å². The summed E-state index contributed by atoms with van der Waals surface area (Å²) >= 11 is 6.04. The number of rotatable bonds is 5. The predicted octanol–water partition coefficient (Wildman–Crippen LogP) is 3.53. The molecule has 0 heterocycles. The van der Waals surface area contributed by atoms with Gasteiger partial charge in [0.1, 0.15) is 0 Å². The lowest BCUT2D eigenvalue weighted by Gasteiger charge is -2.22. The Bertz CT molecular complexity index is 749. The van der Waals surface area contributed by atoms with Crippen molar-refractivity contribution in [1.82, 2.24) is 15.5 Å². The molecule has 0 aliphatic rings. The third-order valence-corrected chi connectivity index (χ3v) is 4.01. The molecule has 0 bridgehead atoms. The van der Waals surface area contributed by atoms with Crippen LogP contribution in [0.15, 0.2) is 53.5 Å². The molecule has 5 nitrogen and oxygen atoms in total. The second-order valence-electron chi connectivity index (χ2n) is 5.66. The topological polar surface area (TPSA) is 56.7 Å². The zero-order valence-electron chi connectivity index (χ0n) is 15.1. The van der Waals surface area contributed by atoms with Gasteiger partial charge in [-0.15, -0.1) is 24.0 Å². The Labute approximate surface area is 176 Å². The molecule has 2 N–H and O–H groups in total. The molecule has 0 unspecified atom stereocenters. The fraction of sp³-hybridized carbons (Fsp3) is 0.263. The van der Waals surface area contributed by atoms with Crippen LogP contribution >= 0.6 is 35.6 Å². The van der Waals surface area contributed by atoms with E-state index in [9.17, 15) is 4.79 Å². The van der Waals surface area contributed by atoms with Crippen LogP contribution in [0.25, 0.3) is 0 Å². The van der Waals surface area contributed by atoms with E-state index in [1.165, 1.54) is 0 Å². The zero-order valence-corrected chi connectivity index (χ0v) is 18.2.